The minimum atomic E-state index is -0.264. The first kappa shape index (κ1) is 18.1. The molecule has 0 radical (unpaired) electrons. The van der Waals surface area contributed by atoms with Gasteiger partial charge < -0.3 is 10.2 Å². The topological polar surface area (TPSA) is 15.3 Å². The van der Waals surface area contributed by atoms with Crippen molar-refractivity contribution in [3.63, 3.8) is 0 Å². The number of hydrogen-bond acceptors (Lipinski definition) is 1. The van der Waals surface area contributed by atoms with Gasteiger partial charge in [-0.15, -0.1) is 0 Å². The van der Waals surface area contributed by atoms with Crippen LogP contribution in [-0.4, -0.2) is 10.0 Å². The number of halogens is 1. The lowest BCUT2D eigenvalue weighted by Crippen LogP contribution is -2.36. The third kappa shape index (κ3) is 4.67. The maximum Gasteiger partial charge on any atom is 0.174 e. The quantitative estimate of drug-likeness (QED) is 0.577. The van der Waals surface area contributed by atoms with Crippen molar-refractivity contribution < 1.29 is 4.39 Å². The molecule has 4 heteroatoms. The highest BCUT2D eigenvalue weighted by molar-refractivity contribution is 7.80. The zero-order valence-corrected chi connectivity index (χ0v) is 15.4. The van der Waals surface area contributed by atoms with Crippen LogP contribution in [0.15, 0.2) is 84.9 Å². The molecule has 0 unspecified atom stereocenters. The normalized spacial score (nSPS) is 11.6. The zero-order valence-electron chi connectivity index (χ0n) is 14.6. The van der Waals surface area contributed by atoms with Crippen LogP contribution in [0, 0.1) is 5.82 Å². The Kier molecular flexibility index (Phi) is 5.97. The molecule has 1 atom stereocenters. The van der Waals surface area contributed by atoms with Crippen LogP contribution in [0.4, 0.5) is 10.1 Å². The standard InChI is InChI=1S/C22H21FN2S/c1-17(19-10-6-3-7-11-19)25(16-18-8-4-2-5-9-18)22(26)24-21-14-12-20(23)13-15-21/h2-15,17H,16H2,1H3,(H,24,26)/t17-/m0/s1. The first-order chi connectivity index (χ1) is 12.6. The maximum atomic E-state index is 13.1. The van der Waals surface area contributed by atoms with E-state index in [9.17, 15) is 4.39 Å². The molecule has 0 fully saturated rings. The van der Waals surface area contributed by atoms with Crippen molar-refractivity contribution in [3.8, 4) is 0 Å². The summed E-state index contributed by atoms with van der Waals surface area (Å²) in [5.41, 5.74) is 3.14. The minimum Gasteiger partial charge on any atom is -0.338 e. The number of anilines is 1. The van der Waals surface area contributed by atoms with E-state index in [0.717, 1.165) is 5.69 Å². The van der Waals surface area contributed by atoms with Gasteiger partial charge in [-0.2, -0.15) is 0 Å². The fourth-order valence-electron chi connectivity index (χ4n) is 2.80. The van der Waals surface area contributed by atoms with Gasteiger partial charge in [-0.1, -0.05) is 60.7 Å². The molecule has 0 saturated carbocycles. The highest BCUT2D eigenvalue weighted by atomic mass is 32.1. The third-order valence-electron chi connectivity index (χ3n) is 4.30. The summed E-state index contributed by atoms with van der Waals surface area (Å²) in [6.07, 6.45) is 0. The van der Waals surface area contributed by atoms with Crippen LogP contribution >= 0.6 is 12.2 Å². The van der Waals surface area contributed by atoms with Gasteiger partial charge in [0.1, 0.15) is 5.82 Å². The summed E-state index contributed by atoms with van der Waals surface area (Å²) in [6.45, 7) is 2.82. The molecule has 2 nitrogen and oxygen atoms in total. The van der Waals surface area contributed by atoms with Crippen LogP contribution in [0.25, 0.3) is 0 Å². The van der Waals surface area contributed by atoms with Gasteiger partial charge in [-0.05, 0) is 54.5 Å². The van der Waals surface area contributed by atoms with E-state index < -0.39 is 0 Å². The highest BCUT2D eigenvalue weighted by Gasteiger charge is 2.19. The SMILES string of the molecule is C[C@@H](c1ccccc1)N(Cc1ccccc1)C(=S)Nc1ccc(F)cc1. The summed E-state index contributed by atoms with van der Waals surface area (Å²) in [5.74, 6) is -0.264. The lowest BCUT2D eigenvalue weighted by atomic mass is 10.1. The van der Waals surface area contributed by atoms with E-state index in [1.807, 2.05) is 36.4 Å². The number of nitrogens with zero attached hydrogens (tertiary/aromatic N) is 1. The number of hydrogen-bond donors (Lipinski definition) is 1. The highest BCUT2D eigenvalue weighted by Crippen LogP contribution is 2.24. The molecule has 0 aliphatic carbocycles. The number of benzene rings is 3. The summed E-state index contributed by atoms with van der Waals surface area (Å²) in [6, 6.07) is 26.8. The summed E-state index contributed by atoms with van der Waals surface area (Å²) in [4.78, 5) is 2.14. The van der Waals surface area contributed by atoms with E-state index in [1.165, 1.54) is 23.3 Å². The van der Waals surface area contributed by atoms with Crippen LogP contribution < -0.4 is 5.32 Å². The van der Waals surface area contributed by atoms with E-state index in [4.69, 9.17) is 12.2 Å². The van der Waals surface area contributed by atoms with E-state index in [-0.39, 0.29) is 11.9 Å². The molecule has 132 valence electrons. The molecule has 3 aromatic rings. The minimum absolute atomic E-state index is 0.0943. The zero-order chi connectivity index (χ0) is 18.4. The molecule has 0 spiro atoms. The maximum absolute atomic E-state index is 13.1. The van der Waals surface area contributed by atoms with Crippen molar-refractivity contribution in [2.45, 2.75) is 19.5 Å². The van der Waals surface area contributed by atoms with Gasteiger partial charge in [0.25, 0.3) is 0 Å². The molecule has 3 rings (SSSR count). The predicted molar refractivity (Wildman–Crippen MR) is 109 cm³/mol. The molecule has 0 saturated heterocycles. The molecule has 0 aliphatic heterocycles. The van der Waals surface area contributed by atoms with Crippen LogP contribution in [0.3, 0.4) is 0 Å². The van der Waals surface area contributed by atoms with Gasteiger partial charge >= 0.3 is 0 Å². The molecule has 0 aliphatic rings. The molecule has 26 heavy (non-hydrogen) atoms. The Hall–Kier alpha value is -2.72. The Bertz CT molecular complexity index is 835. The average Bonchev–Trinajstić information content (AvgIpc) is 2.69. The lowest BCUT2D eigenvalue weighted by molar-refractivity contribution is 0.334. The van der Waals surface area contributed by atoms with Crippen molar-refractivity contribution in [2.75, 3.05) is 5.32 Å². The van der Waals surface area contributed by atoms with Crippen molar-refractivity contribution in [3.05, 3.63) is 102 Å². The summed E-state index contributed by atoms with van der Waals surface area (Å²) in [5, 5.41) is 3.84. The third-order valence-corrected chi connectivity index (χ3v) is 4.64. The summed E-state index contributed by atoms with van der Waals surface area (Å²) < 4.78 is 13.1. The van der Waals surface area contributed by atoms with Gasteiger partial charge in [0, 0.05) is 12.2 Å². The molecular formula is C22H21FN2S. The van der Waals surface area contributed by atoms with E-state index in [0.29, 0.717) is 11.7 Å². The largest absolute Gasteiger partial charge is 0.338 e. The molecule has 0 heterocycles. The predicted octanol–water partition coefficient (Wildman–Crippen LogP) is 5.79. The molecular weight excluding hydrogens is 343 g/mol. The van der Waals surface area contributed by atoms with Crippen molar-refractivity contribution >= 4 is 23.0 Å². The molecule has 1 N–H and O–H groups in total. The lowest BCUT2D eigenvalue weighted by Gasteiger charge is -2.32. The van der Waals surface area contributed by atoms with Crippen LogP contribution in [0.5, 0.6) is 0 Å². The van der Waals surface area contributed by atoms with Crippen LogP contribution in [0.1, 0.15) is 24.1 Å². The Labute approximate surface area is 159 Å². The van der Waals surface area contributed by atoms with Gasteiger partial charge in [-0.3, -0.25) is 0 Å². The summed E-state index contributed by atoms with van der Waals surface area (Å²) in [7, 11) is 0. The Balaban J connectivity index is 1.83. The van der Waals surface area contributed by atoms with E-state index in [1.54, 1.807) is 12.1 Å². The van der Waals surface area contributed by atoms with Gasteiger partial charge in [-0.25, -0.2) is 4.39 Å². The first-order valence-corrected chi connectivity index (χ1v) is 8.96. The average molecular weight is 364 g/mol. The smallest absolute Gasteiger partial charge is 0.174 e. The summed E-state index contributed by atoms with van der Waals surface area (Å²) >= 11 is 5.69. The molecule has 3 aromatic carbocycles. The second kappa shape index (κ2) is 8.59. The van der Waals surface area contributed by atoms with Crippen molar-refractivity contribution in [1.29, 1.82) is 0 Å². The second-order valence-corrected chi connectivity index (χ2v) is 6.52. The van der Waals surface area contributed by atoms with E-state index >= 15 is 0 Å². The molecule has 0 bridgehead atoms. The van der Waals surface area contributed by atoms with Gasteiger partial charge in [0.15, 0.2) is 5.11 Å². The second-order valence-electron chi connectivity index (χ2n) is 6.14. The Morgan fingerprint density at radius 3 is 2.12 bits per heavy atom. The van der Waals surface area contributed by atoms with Crippen molar-refractivity contribution in [2.24, 2.45) is 0 Å². The van der Waals surface area contributed by atoms with E-state index in [2.05, 4.69) is 41.4 Å². The first-order valence-electron chi connectivity index (χ1n) is 8.55. The van der Waals surface area contributed by atoms with Crippen LogP contribution in [0.2, 0.25) is 0 Å². The monoisotopic (exact) mass is 364 g/mol. The van der Waals surface area contributed by atoms with Crippen molar-refractivity contribution in [1.82, 2.24) is 4.90 Å². The molecule has 0 aromatic heterocycles. The Morgan fingerprint density at radius 1 is 0.923 bits per heavy atom. The van der Waals surface area contributed by atoms with Crippen LogP contribution in [-0.2, 0) is 6.54 Å². The van der Waals surface area contributed by atoms with Gasteiger partial charge in [0.2, 0.25) is 0 Å². The number of nitrogens with one attached hydrogen (secondary N) is 1. The number of thiocarbonyl (C=S) groups is 1. The molecule has 0 amide bonds. The van der Waals surface area contributed by atoms with Gasteiger partial charge in [0.05, 0.1) is 6.04 Å². The Morgan fingerprint density at radius 2 is 1.50 bits per heavy atom. The number of rotatable bonds is 5. The fourth-order valence-corrected chi connectivity index (χ4v) is 3.15. The fraction of sp³-hybridized carbons (Fsp3) is 0.136.